The van der Waals surface area contributed by atoms with Crippen LogP contribution in [0.1, 0.15) is 12.0 Å². The average molecular weight is 271 g/mol. The standard InChI is InChI=1S/C13H18N2O2.ClH/c1-17-9-6-13(16)15-8-7-14-10-11-4-2-3-5-12(11)15;/h2-5,14H,6-10H2,1H3;1H. The number of methoxy groups -OCH3 is 1. The zero-order valence-corrected chi connectivity index (χ0v) is 11.3. The lowest BCUT2D eigenvalue weighted by molar-refractivity contribution is -0.119. The Labute approximate surface area is 114 Å². The number of rotatable bonds is 3. The molecule has 0 fully saturated rings. The Kier molecular flexibility index (Phi) is 6.12. The fourth-order valence-corrected chi connectivity index (χ4v) is 2.04. The molecule has 1 N–H and O–H groups in total. The topological polar surface area (TPSA) is 41.6 Å². The highest BCUT2D eigenvalue weighted by molar-refractivity contribution is 5.94. The van der Waals surface area contributed by atoms with E-state index in [2.05, 4.69) is 11.4 Å². The van der Waals surface area contributed by atoms with E-state index < -0.39 is 0 Å². The number of fused-ring (bicyclic) bond motifs is 1. The number of para-hydroxylation sites is 1. The number of ether oxygens (including phenoxy) is 1. The van der Waals surface area contributed by atoms with Crippen molar-refractivity contribution in [2.75, 3.05) is 31.7 Å². The van der Waals surface area contributed by atoms with E-state index in [1.54, 1.807) is 7.11 Å². The molecule has 0 saturated carbocycles. The summed E-state index contributed by atoms with van der Waals surface area (Å²) in [6.07, 6.45) is 0.435. The maximum absolute atomic E-state index is 12.1. The van der Waals surface area contributed by atoms with Crippen LogP contribution in [0.15, 0.2) is 24.3 Å². The molecule has 0 atom stereocenters. The number of carbonyl (C=O) groups excluding carboxylic acids is 1. The third-order valence-corrected chi connectivity index (χ3v) is 2.93. The molecule has 0 radical (unpaired) electrons. The second-order valence-corrected chi connectivity index (χ2v) is 4.09. The summed E-state index contributed by atoms with van der Waals surface area (Å²) in [4.78, 5) is 13.9. The number of halogens is 1. The number of anilines is 1. The van der Waals surface area contributed by atoms with Crippen LogP contribution in [0.3, 0.4) is 0 Å². The molecule has 100 valence electrons. The number of amides is 1. The summed E-state index contributed by atoms with van der Waals surface area (Å²) < 4.78 is 4.96. The third-order valence-electron chi connectivity index (χ3n) is 2.93. The van der Waals surface area contributed by atoms with Crippen molar-refractivity contribution in [2.45, 2.75) is 13.0 Å². The highest BCUT2D eigenvalue weighted by Crippen LogP contribution is 2.22. The van der Waals surface area contributed by atoms with Gasteiger partial charge in [-0.3, -0.25) is 4.79 Å². The fraction of sp³-hybridized carbons (Fsp3) is 0.462. The van der Waals surface area contributed by atoms with E-state index in [9.17, 15) is 4.79 Å². The molecule has 0 bridgehead atoms. The monoisotopic (exact) mass is 270 g/mol. The lowest BCUT2D eigenvalue weighted by Gasteiger charge is -2.22. The van der Waals surface area contributed by atoms with E-state index in [0.717, 1.165) is 25.3 Å². The molecule has 0 saturated heterocycles. The Morgan fingerprint density at radius 2 is 2.22 bits per heavy atom. The van der Waals surface area contributed by atoms with Gasteiger partial charge in [0.05, 0.1) is 13.0 Å². The molecule has 1 heterocycles. The minimum absolute atomic E-state index is 0. The van der Waals surface area contributed by atoms with Crippen LogP contribution in [0.2, 0.25) is 0 Å². The first kappa shape index (κ1) is 15.0. The average Bonchev–Trinajstić information content (AvgIpc) is 2.58. The predicted molar refractivity (Wildman–Crippen MR) is 74.2 cm³/mol. The SMILES string of the molecule is COCCC(=O)N1CCNCc2ccccc21.Cl. The van der Waals surface area contributed by atoms with Gasteiger partial charge in [0.25, 0.3) is 0 Å². The van der Waals surface area contributed by atoms with Gasteiger partial charge in [-0.15, -0.1) is 12.4 Å². The second kappa shape index (κ2) is 7.36. The van der Waals surface area contributed by atoms with Crippen molar-refractivity contribution in [1.29, 1.82) is 0 Å². The Morgan fingerprint density at radius 3 is 3.00 bits per heavy atom. The highest BCUT2D eigenvalue weighted by atomic mass is 35.5. The van der Waals surface area contributed by atoms with Crippen LogP contribution < -0.4 is 10.2 Å². The number of nitrogens with zero attached hydrogens (tertiary/aromatic N) is 1. The van der Waals surface area contributed by atoms with Crippen LogP contribution in [0.25, 0.3) is 0 Å². The smallest absolute Gasteiger partial charge is 0.229 e. The van der Waals surface area contributed by atoms with Crippen molar-refractivity contribution in [3.8, 4) is 0 Å². The molecule has 1 aliphatic heterocycles. The molecule has 0 unspecified atom stereocenters. The molecule has 0 aliphatic carbocycles. The van der Waals surface area contributed by atoms with Crippen molar-refractivity contribution >= 4 is 24.0 Å². The number of hydrogen-bond acceptors (Lipinski definition) is 3. The molecule has 0 spiro atoms. The van der Waals surface area contributed by atoms with E-state index in [1.807, 2.05) is 23.1 Å². The zero-order valence-electron chi connectivity index (χ0n) is 10.5. The number of hydrogen-bond donors (Lipinski definition) is 1. The van der Waals surface area contributed by atoms with Crippen molar-refractivity contribution in [1.82, 2.24) is 5.32 Å². The van der Waals surface area contributed by atoms with Gasteiger partial charge in [-0.1, -0.05) is 18.2 Å². The predicted octanol–water partition coefficient (Wildman–Crippen LogP) is 1.58. The van der Waals surface area contributed by atoms with Gasteiger partial charge >= 0.3 is 0 Å². The van der Waals surface area contributed by atoms with Crippen molar-refractivity contribution in [3.63, 3.8) is 0 Å². The van der Waals surface area contributed by atoms with Crippen LogP contribution in [0.5, 0.6) is 0 Å². The lowest BCUT2D eigenvalue weighted by Crippen LogP contribution is -2.35. The van der Waals surface area contributed by atoms with Gasteiger partial charge in [-0.25, -0.2) is 0 Å². The quantitative estimate of drug-likeness (QED) is 0.907. The van der Waals surface area contributed by atoms with Crippen molar-refractivity contribution in [2.24, 2.45) is 0 Å². The van der Waals surface area contributed by atoms with Crippen molar-refractivity contribution in [3.05, 3.63) is 29.8 Å². The van der Waals surface area contributed by atoms with Gasteiger partial charge in [0.1, 0.15) is 0 Å². The van der Waals surface area contributed by atoms with E-state index >= 15 is 0 Å². The Morgan fingerprint density at radius 1 is 1.44 bits per heavy atom. The zero-order chi connectivity index (χ0) is 12.1. The third kappa shape index (κ3) is 3.45. The summed E-state index contributed by atoms with van der Waals surface area (Å²) in [5.74, 6) is 0.128. The number of carbonyl (C=O) groups is 1. The Bertz CT molecular complexity index is 398. The Hall–Kier alpha value is -1.10. The minimum Gasteiger partial charge on any atom is -0.384 e. The van der Waals surface area contributed by atoms with Crippen LogP contribution >= 0.6 is 12.4 Å². The molecule has 1 aliphatic rings. The first-order valence-electron chi connectivity index (χ1n) is 5.91. The minimum atomic E-state index is 0. The van der Waals surface area contributed by atoms with Crippen molar-refractivity contribution < 1.29 is 9.53 Å². The van der Waals surface area contributed by atoms with Gasteiger partial charge in [-0.2, -0.15) is 0 Å². The fourth-order valence-electron chi connectivity index (χ4n) is 2.04. The summed E-state index contributed by atoms with van der Waals surface area (Å²) >= 11 is 0. The molecule has 5 heteroatoms. The van der Waals surface area contributed by atoms with Crippen LogP contribution in [-0.4, -0.2) is 32.7 Å². The van der Waals surface area contributed by atoms with Gasteiger partial charge < -0.3 is 15.0 Å². The normalized spacial score (nSPS) is 14.4. The Balaban J connectivity index is 0.00000162. The summed E-state index contributed by atoms with van der Waals surface area (Å²) in [6, 6.07) is 8.04. The molecule has 0 aromatic heterocycles. The van der Waals surface area contributed by atoms with Gasteiger partial charge in [0.15, 0.2) is 0 Å². The number of benzene rings is 1. The molecule has 18 heavy (non-hydrogen) atoms. The van der Waals surface area contributed by atoms with Gasteiger partial charge in [-0.05, 0) is 11.6 Å². The van der Waals surface area contributed by atoms with E-state index in [1.165, 1.54) is 5.56 Å². The van der Waals surface area contributed by atoms with Crippen LogP contribution in [0, 0.1) is 0 Å². The first-order valence-corrected chi connectivity index (χ1v) is 5.91. The summed E-state index contributed by atoms with van der Waals surface area (Å²) in [6.45, 7) is 2.85. The summed E-state index contributed by atoms with van der Waals surface area (Å²) in [7, 11) is 1.62. The molecule has 1 amide bonds. The van der Waals surface area contributed by atoms with Gasteiger partial charge in [0, 0.05) is 32.4 Å². The largest absolute Gasteiger partial charge is 0.384 e. The molecule has 1 aromatic carbocycles. The summed E-state index contributed by atoms with van der Waals surface area (Å²) in [5.41, 5.74) is 2.20. The van der Waals surface area contributed by atoms with Crippen LogP contribution in [0.4, 0.5) is 5.69 Å². The van der Waals surface area contributed by atoms with E-state index in [-0.39, 0.29) is 18.3 Å². The van der Waals surface area contributed by atoms with E-state index in [0.29, 0.717) is 13.0 Å². The van der Waals surface area contributed by atoms with Gasteiger partial charge in [0.2, 0.25) is 5.91 Å². The maximum Gasteiger partial charge on any atom is 0.229 e. The molecular formula is C13H19ClN2O2. The van der Waals surface area contributed by atoms with E-state index in [4.69, 9.17) is 4.74 Å². The first-order chi connectivity index (χ1) is 8.33. The maximum atomic E-state index is 12.1. The second-order valence-electron chi connectivity index (χ2n) is 4.09. The molecule has 4 nitrogen and oxygen atoms in total. The molecule has 2 rings (SSSR count). The highest BCUT2D eigenvalue weighted by Gasteiger charge is 2.19. The van der Waals surface area contributed by atoms with Crippen LogP contribution in [-0.2, 0) is 16.1 Å². The lowest BCUT2D eigenvalue weighted by atomic mass is 10.1. The molecular weight excluding hydrogens is 252 g/mol. The summed E-state index contributed by atoms with van der Waals surface area (Å²) in [5, 5.41) is 3.32. The number of nitrogens with one attached hydrogen (secondary N) is 1. The molecule has 1 aromatic rings.